The van der Waals surface area contributed by atoms with Gasteiger partial charge in [-0.15, -0.1) is 24.8 Å². The molecule has 0 saturated carbocycles. The number of halogens is 2. The fourth-order valence-electron chi connectivity index (χ4n) is 3.81. The highest BCUT2D eigenvalue weighted by molar-refractivity contribution is 5.85. The minimum atomic E-state index is -0.143. The molecule has 0 spiro atoms. The molecule has 0 aliphatic carbocycles. The van der Waals surface area contributed by atoms with Crippen LogP contribution in [0.2, 0.25) is 0 Å². The Morgan fingerprint density at radius 3 is 2.35 bits per heavy atom. The van der Waals surface area contributed by atoms with Gasteiger partial charge in [0.1, 0.15) is 6.04 Å². The van der Waals surface area contributed by atoms with Gasteiger partial charge in [0.05, 0.1) is 0 Å². The van der Waals surface area contributed by atoms with Crippen molar-refractivity contribution in [2.45, 2.75) is 24.9 Å². The van der Waals surface area contributed by atoms with Crippen molar-refractivity contribution in [2.75, 3.05) is 53.4 Å². The number of piperazine rings is 1. The van der Waals surface area contributed by atoms with Crippen molar-refractivity contribution in [2.24, 2.45) is 0 Å². The van der Waals surface area contributed by atoms with Crippen LogP contribution in [0.1, 0.15) is 24.4 Å². The van der Waals surface area contributed by atoms with Gasteiger partial charge in [0.15, 0.2) is 0 Å². The SMILES string of the molecule is CNC1CCCN(C(=O)C(c2ccccc2)N2CCN(C)CC2)C1.Cl.Cl. The van der Waals surface area contributed by atoms with E-state index in [0.717, 1.165) is 57.7 Å². The molecule has 0 bridgehead atoms. The van der Waals surface area contributed by atoms with Crippen LogP contribution in [0.4, 0.5) is 0 Å². The second kappa shape index (κ2) is 11.1. The Kier molecular flexibility index (Phi) is 9.90. The smallest absolute Gasteiger partial charge is 0.244 e. The summed E-state index contributed by atoms with van der Waals surface area (Å²) in [5.41, 5.74) is 1.12. The quantitative estimate of drug-likeness (QED) is 0.835. The minimum absolute atomic E-state index is 0. The molecule has 7 heteroatoms. The van der Waals surface area contributed by atoms with Crippen LogP contribution in [-0.4, -0.2) is 80.0 Å². The Morgan fingerprint density at radius 2 is 1.73 bits per heavy atom. The number of likely N-dealkylation sites (N-methyl/N-ethyl adjacent to an activating group) is 2. The maximum Gasteiger partial charge on any atom is 0.244 e. The highest BCUT2D eigenvalue weighted by atomic mass is 35.5. The predicted molar refractivity (Wildman–Crippen MR) is 111 cm³/mol. The standard InChI is InChI=1S/C19H30N4O.2ClH/c1-20-17-9-6-10-23(15-17)19(24)18(16-7-4-3-5-8-16)22-13-11-21(2)12-14-22;;/h3-5,7-8,17-18,20H,6,9-15H2,1-2H3;2*1H. The number of carbonyl (C=O) groups is 1. The lowest BCUT2D eigenvalue weighted by atomic mass is 10.00. The largest absolute Gasteiger partial charge is 0.339 e. The fourth-order valence-corrected chi connectivity index (χ4v) is 3.81. The van der Waals surface area contributed by atoms with Crippen LogP contribution in [0.3, 0.4) is 0 Å². The number of nitrogens with one attached hydrogen (secondary N) is 1. The van der Waals surface area contributed by atoms with Crippen LogP contribution in [0, 0.1) is 0 Å². The maximum atomic E-state index is 13.4. The van der Waals surface area contributed by atoms with Crippen molar-refractivity contribution >= 4 is 30.7 Å². The minimum Gasteiger partial charge on any atom is -0.339 e. The second-order valence-electron chi connectivity index (χ2n) is 7.06. The molecule has 2 aliphatic heterocycles. The highest BCUT2D eigenvalue weighted by Gasteiger charge is 2.34. The molecular weight excluding hydrogens is 371 g/mol. The summed E-state index contributed by atoms with van der Waals surface area (Å²) in [5, 5.41) is 3.34. The summed E-state index contributed by atoms with van der Waals surface area (Å²) in [4.78, 5) is 20.2. The molecule has 2 aliphatic rings. The maximum absolute atomic E-state index is 13.4. The van der Waals surface area contributed by atoms with Gasteiger partial charge in [0.2, 0.25) is 5.91 Å². The van der Waals surface area contributed by atoms with Gasteiger partial charge in [0, 0.05) is 45.3 Å². The first-order valence-corrected chi connectivity index (χ1v) is 9.12. The molecular formula is C19H32Cl2N4O. The molecule has 1 amide bonds. The summed E-state index contributed by atoms with van der Waals surface area (Å²) >= 11 is 0. The number of nitrogens with zero attached hydrogens (tertiary/aromatic N) is 3. The molecule has 5 nitrogen and oxygen atoms in total. The summed E-state index contributed by atoms with van der Waals surface area (Å²) in [6.45, 7) is 5.65. The Bertz CT molecular complexity index is 538. The zero-order valence-electron chi connectivity index (χ0n) is 15.8. The zero-order valence-corrected chi connectivity index (χ0v) is 17.4. The summed E-state index contributed by atoms with van der Waals surface area (Å²) in [7, 11) is 4.15. The van der Waals surface area contributed by atoms with Gasteiger partial charge >= 0.3 is 0 Å². The van der Waals surface area contributed by atoms with Gasteiger partial charge in [0.25, 0.3) is 0 Å². The molecule has 148 valence electrons. The molecule has 1 N–H and O–H groups in total. The van der Waals surface area contributed by atoms with Crippen LogP contribution in [0.25, 0.3) is 0 Å². The number of amides is 1. The molecule has 2 atom stereocenters. The molecule has 2 fully saturated rings. The van der Waals surface area contributed by atoms with E-state index in [1.165, 1.54) is 0 Å². The van der Waals surface area contributed by atoms with Crippen LogP contribution in [0.15, 0.2) is 30.3 Å². The number of hydrogen-bond acceptors (Lipinski definition) is 4. The Balaban J connectivity index is 0.00000169. The van der Waals surface area contributed by atoms with E-state index in [-0.39, 0.29) is 36.8 Å². The lowest BCUT2D eigenvalue weighted by Gasteiger charge is -2.41. The first-order valence-electron chi connectivity index (χ1n) is 9.12. The number of piperidine rings is 1. The Labute approximate surface area is 169 Å². The van der Waals surface area contributed by atoms with E-state index in [0.29, 0.717) is 6.04 Å². The van der Waals surface area contributed by atoms with Crippen LogP contribution < -0.4 is 5.32 Å². The molecule has 26 heavy (non-hydrogen) atoms. The molecule has 2 heterocycles. The van der Waals surface area contributed by atoms with Gasteiger partial charge in [-0.2, -0.15) is 0 Å². The van der Waals surface area contributed by atoms with Gasteiger partial charge in [-0.05, 0) is 32.5 Å². The third-order valence-electron chi connectivity index (χ3n) is 5.39. The van der Waals surface area contributed by atoms with Crippen molar-refractivity contribution in [3.8, 4) is 0 Å². The van der Waals surface area contributed by atoms with E-state index in [9.17, 15) is 4.79 Å². The van der Waals surface area contributed by atoms with Crippen molar-refractivity contribution in [3.05, 3.63) is 35.9 Å². The average Bonchev–Trinajstić information content (AvgIpc) is 2.64. The zero-order chi connectivity index (χ0) is 16.9. The first-order chi connectivity index (χ1) is 11.7. The predicted octanol–water partition coefficient (Wildman–Crippen LogP) is 2.03. The summed E-state index contributed by atoms with van der Waals surface area (Å²) in [6.07, 6.45) is 2.24. The first kappa shape index (κ1) is 23.2. The molecule has 2 unspecified atom stereocenters. The summed E-state index contributed by atoms with van der Waals surface area (Å²) in [6, 6.07) is 10.6. The molecule has 2 saturated heterocycles. The van der Waals surface area contributed by atoms with E-state index in [1.54, 1.807) is 0 Å². The van der Waals surface area contributed by atoms with Crippen molar-refractivity contribution in [3.63, 3.8) is 0 Å². The lowest BCUT2D eigenvalue weighted by Crippen LogP contribution is -2.53. The molecule has 0 radical (unpaired) electrons. The molecule has 0 aromatic heterocycles. The van der Waals surface area contributed by atoms with E-state index < -0.39 is 0 Å². The van der Waals surface area contributed by atoms with Gasteiger partial charge < -0.3 is 15.1 Å². The van der Waals surface area contributed by atoms with E-state index in [2.05, 4.69) is 39.2 Å². The number of rotatable bonds is 4. The number of likely N-dealkylation sites (tertiary alicyclic amines) is 1. The third kappa shape index (κ3) is 5.57. The van der Waals surface area contributed by atoms with Crippen LogP contribution in [-0.2, 0) is 4.79 Å². The molecule has 1 aromatic carbocycles. The van der Waals surface area contributed by atoms with E-state index in [1.807, 2.05) is 25.2 Å². The number of carbonyl (C=O) groups excluding carboxylic acids is 1. The number of hydrogen-bond donors (Lipinski definition) is 1. The topological polar surface area (TPSA) is 38.8 Å². The molecule has 3 rings (SSSR count). The Hall–Kier alpha value is -0.850. The second-order valence-corrected chi connectivity index (χ2v) is 7.06. The molecule has 1 aromatic rings. The van der Waals surface area contributed by atoms with E-state index in [4.69, 9.17) is 0 Å². The summed E-state index contributed by atoms with van der Waals surface area (Å²) in [5.74, 6) is 0.269. The monoisotopic (exact) mass is 402 g/mol. The van der Waals surface area contributed by atoms with Crippen molar-refractivity contribution in [1.82, 2.24) is 20.0 Å². The van der Waals surface area contributed by atoms with Crippen LogP contribution in [0.5, 0.6) is 0 Å². The van der Waals surface area contributed by atoms with Crippen molar-refractivity contribution < 1.29 is 4.79 Å². The van der Waals surface area contributed by atoms with Crippen molar-refractivity contribution in [1.29, 1.82) is 0 Å². The van der Waals surface area contributed by atoms with Gasteiger partial charge in [-0.3, -0.25) is 9.69 Å². The van der Waals surface area contributed by atoms with Gasteiger partial charge in [-0.25, -0.2) is 0 Å². The Morgan fingerprint density at radius 1 is 1.08 bits per heavy atom. The summed E-state index contributed by atoms with van der Waals surface area (Å²) < 4.78 is 0. The van der Waals surface area contributed by atoms with Gasteiger partial charge in [-0.1, -0.05) is 30.3 Å². The van der Waals surface area contributed by atoms with E-state index >= 15 is 0 Å². The fraction of sp³-hybridized carbons (Fsp3) is 0.632. The lowest BCUT2D eigenvalue weighted by molar-refractivity contribution is -0.139. The number of benzene rings is 1. The highest BCUT2D eigenvalue weighted by Crippen LogP contribution is 2.26. The average molecular weight is 403 g/mol. The van der Waals surface area contributed by atoms with Crippen LogP contribution >= 0.6 is 24.8 Å². The third-order valence-corrected chi connectivity index (χ3v) is 5.39. The normalized spacial score (nSPS) is 22.8.